The van der Waals surface area contributed by atoms with Gasteiger partial charge in [0.25, 0.3) is 0 Å². The Hall–Kier alpha value is -3.25. The molecule has 0 unspecified atom stereocenters. The molecule has 0 atom stereocenters. The number of nitrogens with one attached hydrogen (secondary N) is 1. The maximum absolute atomic E-state index is 10.6. The number of nitrogens with zero attached hydrogens (tertiary/aromatic N) is 2. The van der Waals surface area contributed by atoms with Crippen LogP contribution in [-0.2, 0) is 0 Å². The minimum atomic E-state index is 0.0177. The van der Waals surface area contributed by atoms with Crippen LogP contribution in [0.4, 0.5) is 11.4 Å². The van der Waals surface area contributed by atoms with Crippen molar-refractivity contribution in [2.75, 3.05) is 18.0 Å². The van der Waals surface area contributed by atoms with Crippen LogP contribution in [0.25, 0.3) is 11.1 Å². The fourth-order valence-electron chi connectivity index (χ4n) is 4.07. The summed E-state index contributed by atoms with van der Waals surface area (Å²) in [6.45, 7) is 1.83. The van der Waals surface area contributed by atoms with Gasteiger partial charge in [0.05, 0.1) is 5.69 Å². The van der Waals surface area contributed by atoms with Crippen molar-refractivity contribution in [3.63, 3.8) is 0 Å². The van der Waals surface area contributed by atoms with E-state index in [4.69, 9.17) is 4.74 Å². The number of hydrogen-bond donors (Lipinski definition) is 3. The van der Waals surface area contributed by atoms with Crippen molar-refractivity contribution in [3.8, 4) is 34.1 Å². The zero-order valence-electron chi connectivity index (χ0n) is 15.3. The second-order valence-corrected chi connectivity index (χ2v) is 7.16. The lowest BCUT2D eigenvalue weighted by Crippen LogP contribution is -2.41. The molecule has 2 aliphatic heterocycles. The maximum Gasteiger partial charge on any atom is 0.196 e. The predicted octanol–water partition coefficient (Wildman–Crippen LogP) is 4.16. The first-order valence-electron chi connectivity index (χ1n) is 9.49. The summed E-state index contributed by atoms with van der Waals surface area (Å²) in [7, 11) is 0. The molecule has 0 radical (unpaired) electrons. The number of aromatic hydroxyl groups is 2. The van der Waals surface area contributed by atoms with Crippen LogP contribution >= 0.6 is 0 Å². The van der Waals surface area contributed by atoms with E-state index in [1.165, 1.54) is 12.1 Å². The Labute approximate surface area is 163 Å². The van der Waals surface area contributed by atoms with Crippen LogP contribution in [-0.4, -0.2) is 34.3 Å². The second kappa shape index (κ2) is 6.73. The second-order valence-electron chi connectivity index (χ2n) is 7.16. The van der Waals surface area contributed by atoms with E-state index < -0.39 is 0 Å². The van der Waals surface area contributed by atoms with Gasteiger partial charge in [0.1, 0.15) is 11.4 Å². The highest BCUT2D eigenvalue weighted by atomic mass is 16.5. The fraction of sp³-hybridized carbons (Fsp3) is 0.227. The van der Waals surface area contributed by atoms with Gasteiger partial charge in [-0.2, -0.15) is 0 Å². The lowest BCUT2D eigenvalue weighted by Gasteiger charge is -2.40. The lowest BCUT2D eigenvalue weighted by molar-refractivity contribution is 0.385. The van der Waals surface area contributed by atoms with Crippen LogP contribution in [0.5, 0.6) is 23.0 Å². The molecule has 3 N–H and O–H groups in total. The van der Waals surface area contributed by atoms with Gasteiger partial charge < -0.3 is 25.2 Å². The molecule has 0 saturated carbocycles. The van der Waals surface area contributed by atoms with Crippen LogP contribution in [0.3, 0.4) is 0 Å². The van der Waals surface area contributed by atoms with Crippen molar-refractivity contribution in [1.82, 2.24) is 10.3 Å². The molecule has 1 aromatic heterocycles. The zero-order chi connectivity index (χ0) is 19.1. The summed E-state index contributed by atoms with van der Waals surface area (Å²) in [6, 6.07) is 13.1. The highest BCUT2D eigenvalue weighted by molar-refractivity contribution is 5.86. The summed E-state index contributed by atoms with van der Waals surface area (Å²) in [4.78, 5) is 6.31. The molecule has 0 bridgehead atoms. The first kappa shape index (κ1) is 16.9. The predicted molar refractivity (Wildman–Crippen MR) is 108 cm³/mol. The third kappa shape index (κ3) is 2.73. The van der Waals surface area contributed by atoms with Gasteiger partial charge in [-0.3, -0.25) is 4.98 Å². The highest BCUT2D eigenvalue weighted by Gasteiger charge is 2.34. The number of aromatic nitrogens is 1. The summed E-state index contributed by atoms with van der Waals surface area (Å²) in [5.74, 6) is 1.08. The zero-order valence-corrected chi connectivity index (χ0v) is 15.3. The molecule has 1 fully saturated rings. The molecule has 2 aliphatic rings. The Morgan fingerprint density at radius 2 is 1.82 bits per heavy atom. The quantitative estimate of drug-likeness (QED) is 0.584. The molecular formula is C22H21N3O3. The van der Waals surface area contributed by atoms with Crippen LogP contribution in [0.1, 0.15) is 12.8 Å². The SMILES string of the molecule is Oc1ccc(O)c2c1Oc1cc(-c3cccnc3)ccc1N2C1CCNCC1. The Morgan fingerprint density at radius 3 is 2.61 bits per heavy atom. The van der Waals surface area contributed by atoms with E-state index in [-0.39, 0.29) is 17.5 Å². The van der Waals surface area contributed by atoms with Crippen LogP contribution in [0.15, 0.2) is 54.9 Å². The Bertz CT molecular complexity index is 1020. The van der Waals surface area contributed by atoms with Gasteiger partial charge >= 0.3 is 0 Å². The fourth-order valence-corrected chi connectivity index (χ4v) is 4.07. The number of rotatable bonds is 2. The van der Waals surface area contributed by atoms with Gasteiger partial charge in [-0.05, 0) is 61.8 Å². The van der Waals surface area contributed by atoms with Gasteiger partial charge in [-0.15, -0.1) is 0 Å². The number of ether oxygens (including phenoxy) is 1. The van der Waals surface area contributed by atoms with Gasteiger partial charge in [-0.1, -0.05) is 12.1 Å². The average Bonchev–Trinajstić information content (AvgIpc) is 2.76. The van der Waals surface area contributed by atoms with Crippen molar-refractivity contribution >= 4 is 11.4 Å². The smallest absolute Gasteiger partial charge is 0.196 e. The summed E-state index contributed by atoms with van der Waals surface area (Å²) < 4.78 is 6.08. The van der Waals surface area contributed by atoms with Crippen LogP contribution in [0.2, 0.25) is 0 Å². The molecule has 0 aliphatic carbocycles. The first-order chi connectivity index (χ1) is 13.7. The molecule has 28 heavy (non-hydrogen) atoms. The molecule has 6 nitrogen and oxygen atoms in total. The number of phenolic OH excluding ortho intramolecular Hbond substituents is 2. The third-order valence-electron chi connectivity index (χ3n) is 5.43. The summed E-state index contributed by atoms with van der Waals surface area (Å²) in [5, 5.41) is 24.4. The Kier molecular flexibility index (Phi) is 4.06. The first-order valence-corrected chi connectivity index (χ1v) is 9.49. The van der Waals surface area contributed by atoms with Crippen molar-refractivity contribution in [1.29, 1.82) is 0 Å². The van der Waals surface area contributed by atoms with E-state index in [1.807, 2.05) is 36.5 Å². The summed E-state index contributed by atoms with van der Waals surface area (Å²) in [5.41, 5.74) is 3.41. The lowest BCUT2D eigenvalue weighted by atomic mass is 9.99. The van der Waals surface area contributed by atoms with E-state index in [2.05, 4.69) is 15.2 Å². The molecule has 142 valence electrons. The number of piperidine rings is 1. The van der Waals surface area contributed by atoms with E-state index in [0.717, 1.165) is 42.7 Å². The highest BCUT2D eigenvalue weighted by Crippen LogP contribution is 2.56. The average molecular weight is 375 g/mol. The van der Waals surface area contributed by atoms with Crippen LogP contribution in [0, 0.1) is 0 Å². The van der Waals surface area contributed by atoms with Crippen LogP contribution < -0.4 is 15.0 Å². The van der Waals surface area contributed by atoms with Gasteiger partial charge in [0.15, 0.2) is 17.2 Å². The Morgan fingerprint density at radius 1 is 1.00 bits per heavy atom. The molecule has 2 aromatic carbocycles. The van der Waals surface area contributed by atoms with E-state index in [0.29, 0.717) is 17.2 Å². The molecule has 0 spiro atoms. The van der Waals surface area contributed by atoms with Gasteiger partial charge in [0.2, 0.25) is 0 Å². The third-order valence-corrected chi connectivity index (χ3v) is 5.43. The monoisotopic (exact) mass is 375 g/mol. The Balaban J connectivity index is 1.66. The van der Waals surface area contributed by atoms with Gasteiger partial charge in [-0.25, -0.2) is 0 Å². The van der Waals surface area contributed by atoms with Crippen molar-refractivity contribution in [3.05, 3.63) is 54.9 Å². The number of hydrogen-bond acceptors (Lipinski definition) is 6. The topological polar surface area (TPSA) is 77.8 Å². The maximum atomic E-state index is 10.6. The molecule has 3 aromatic rings. The largest absolute Gasteiger partial charge is 0.506 e. The standard InChI is InChI=1S/C22H21N3O3/c26-18-5-6-19(27)22-21(18)25(16-7-10-23-11-8-16)17-4-3-14(12-20(17)28-22)15-2-1-9-24-13-15/h1-6,9,12-13,16,23,26-27H,7-8,10-11H2. The minimum Gasteiger partial charge on any atom is -0.506 e. The van der Waals surface area contributed by atoms with Crippen molar-refractivity contribution in [2.45, 2.75) is 18.9 Å². The molecule has 0 amide bonds. The number of fused-ring (bicyclic) bond motifs is 2. The summed E-state index contributed by atoms with van der Waals surface area (Å²) >= 11 is 0. The number of anilines is 2. The molecular weight excluding hydrogens is 354 g/mol. The summed E-state index contributed by atoms with van der Waals surface area (Å²) in [6.07, 6.45) is 5.44. The van der Waals surface area contributed by atoms with E-state index in [9.17, 15) is 10.2 Å². The molecule has 6 heteroatoms. The number of pyridine rings is 1. The number of benzene rings is 2. The van der Waals surface area contributed by atoms with E-state index >= 15 is 0 Å². The molecule has 5 rings (SSSR count). The van der Waals surface area contributed by atoms with Crippen molar-refractivity contribution in [2.24, 2.45) is 0 Å². The molecule has 3 heterocycles. The van der Waals surface area contributed by atoms with E-state index in [1.54, 1.807) is 6.20 Å². The van der Waals surface area contributed by atoms with Crippen molar-refractivity contribution < 1.29 is 14.9 Å². The number of phenols is 2. The minimum absolute atomic E-state index is 0.0177. The van der Waals surface area contributed by atoms with Gasteiger partial charge in [0, 0.05) is 24.0 Å². The normalized spacial score (nSPS) is 16.2. The molecule has 1 saturated heterocycles.